The molecule has 0 spiro atoms. The Kier molecular flexibility index (Phi) is 3.70. The van der Waals surface area contributed by atoms with E-state index in [2.05, 4.69) is 10.6 Å². The van der Waals surface area contributed by atoms with E-state index in [1.807, 2.05) is 11.8 Å². The first-order valence-corrected chi connectivity index (χ1v) is 6.54. The van der Waals surface area contributed by atoms with Crippen LogP contribution in [0.4, 0.5) is 0 Å². The first kappa shape index (κ1) is 10.3. The summed E-state index contributed by atoms with van der Waals surface area (Å²) in [4.78, 5) is 11.6. The molecule has 14 heavy (non-hydrogen) atoms. The third kappa shape index (κ3) is 2.64. The Morgan fingerprint density at radius 1 is 1.43 bits per heavy atom. The Morgan fingerprint density at radius 2 is 2.36 bits per heavy atom. The number of carbonyl (C=O) groups is 1. The molecule has 0 bridgehead atoms. The molecular weight excluding hydrogens is 196 g/mol. The number of carbonyl (C=O) groups excluding carboxylic acids is 1. The van der Waals surface area contributed by atoms with Crippen LogP contribution in [0.15, 0.2) is 0 Å². The smallest absolute Gasteiger partial charge is 0.237 e. The molecule has 0 radical (unpaired) electrons. The molecule has 2 rings (SSSR count). The van der Waals surface area contributed by atoms with Crippen molar-refractivity contribution in [3.63, 3.8) is 0 Å². The Labute approximate surface area is 89.4 Å². The molecule has 4 heteroatoms. The van der Waals surface area contributed by atoms with E-state index in [1.165, 1.54) is 18.6 Å². The molecule has 2 atom stereocenters. The SMILES string of the molecule is O=C(NCC1CCCS1)C1CCCN1. The van der Waals surface area contributed by atoms with E-state index in [9.17, 15) is 4.79 Å². The molecule has 2 heterocycles. The molecule has 80 valence electrons. The molecule has 1 amide bonds. The average molecular weight is 214 g/mol. The average Bonchev–Trinajstić information content (AvgIpc) is 2.87. The van der Waals surface area contributed by atoms with Gasteiger partial charge >= 0.3 is 0 Å². The van der Waals surface area contributed by atoms with Gasteiger partial charge in [-0.05, 0) is 38.0 Å². The van der Waals surface area contributed by atoms with E-state index in [0.717, 1.165) is 25.9 Å². The van der Waals surface area contributed by atoms with Gasteiger partial charge in [-0.15, -0.1) is 0 Å². The van der Waals surface area contributed by atoms with Gasteiger partial charge in [0.05, 0.1) is 6.04 Å². The predicted molar refractivity (Wildman–Crippen MR) is 59.5 cm³/mol. The monoisotopic (exact) mass is 214 g/mol. The first-order chi connectivity index (χ1) is 6.86. The maximum Gasteiger partial charge on any atom is 0.237 e. The summed E-state index contributed by atoms with van der Waals surface area (Å²) in [5, 5.41) is 6.92. The number of hydrogen-bond donors (Lipinski definition) is 2. The number of rotatable bonds is 3. The molecule has 0 aliphatic carbocycles. The molecule has 2 aliphatic heterocycles. The highest BCUT2D eigenvalue weighted by molar-refractivity contribution is 8.00. The fourth-order valence-electron chi connectivity index (χ4n) is 2.05. The summed E-state index contributed by atoms with van der Waals surface area (Å²) in [5.41, 5.74) is 0. The molecule has 2 aliphatic rings. The highest BCUT2D eigenvalue weighted by Crippen LogP contribution is 2.25. The van der Waals surface area contributed by atoms with Crippen molar-refractivity contribution in [3.8, 4) is 0 Å². The number of amides is 1. The molecule has 2 fully saturated rings. The molecule has 0 saturated carbocycles. The van der Waals surface area contributed by atoms with Crippen molar-refractivity contribution in [2.45, 2.75) is 37.0 Å². The largest absolute Gasteiger partial charge is 0.354 e. The standard InChI is InChI=1S/C10H18N2OS/c13-10(9-4-1-5-11-9)12-7-8-3-2-6-14-8/h8-9,11H,1-7H2,(H,12,13). The van der Waals surface area contributed by atoms with Crippen molar-refractivity contribution in [2.75, 3.05) is 18.8 Å². The maximum atomic E-state index is 11.6. The maximum absolute atomic E-state index is 11.6. The second-order valence-corrected chi connectivity index (χ2v) is 5.44. The molecule has 2 unspecified atom stereocenters. The van der Waals surface area contributed by atoms with Gasteiger partial charge in [-0.1, -0.05) is 0 Å². The van der Waals surface area contributed by atoms with Gasteiger partial charge in [0.1, 0.15) is 0 Å². The molecule has 2 saturated heterocycles. The van der Waals surface area contributed by atoms with Gasteiger partial charge in [-0.2, -0.15) is 11.8 Å². The van der Waals surface area contributed by atoms with Crippen molar-refractivity contribution in [2.24, 2.45) is 0 Å². The Bertz CT molecular complexity index is 198. The van der Waals surface area contributed by atoms with Crippen LogP contribution in [0.1, 0.15) is 25.7 Å². The summed E-state index contributed by atoms with van der Waals surface area (Å²) in [6.45, 7) is 1.86. The first-order valence-electron chi connectivity index (χ1n) is 5.49. The van der Waals surface area contributed by atoms with Gasteiger partial charge in [0.2, 0.25) is 5.91 Å². The lowest BCUT2D eigenvalue weighted by atomic mass is 10.2. The quantitative estimate of drug-likeness (QED) is 0.728. The van der Waals surface area contributed by atoms with Crippen LogP contribution in [0.5, 0.6) is 0 Å². The van der Waals surface area contributed by atoms with E-state index in [1.54, 1.807) is 0 Å². The molecule has 0 aromatic rings. The second-order valence-electron chi connectivity index (χ2n) is 4.03. The Balaban J connectivity index is 1.66. The normalized spacial score (nSPS) is 32.0. The zero-order chi connectivity index (χ0) is 9.80. The van der Waals surface area contributed by atoms with Crippen LogP contribution >= 0.6 is 11.8 Å². The van der Waals surface area contributed by atoms with Gasteiger partial charge < -0.3 is 10.6 Å². The van der Waals surface area contributed by atoms with E-state index < -0.39 is 0 Å². The van der Waals surface area contributed by atoms with Crippen LogP contribution in [-0.2, 0) is 4.79 Å². The molecule has 0 aromatic heterocycles. The molecule has 3 nitrogen and oxygen atoms in total. The summed E-state index contributed by atoms with van der Waals surface area (Å²) in [5.74, 6) is 1.47. The van der Waals surface area contributed by atoms with Gasteiger partial charge in [0, 0.05) is 11.8 Å². The summed E-state index contributed by atoms with van der Waals surface area (Å²) >= 11 is 1.99. The minimum absolute atomic E-state index is 0.0846. The zero-order valence-electron chi connectivity index (χ0n) is 8.42. The van der Waals surface area contributed by atoms with E-state index in [0.29, 0.717) is 5.25 Å². The van der Waals surface area contributed by atoms with E-state index in [-0.39, 0.29) is 11.9 Å². The summed E-state index contributed by atoms with van der Waals surface area (Å²) in [6, 6.07) is 0.0846. The number of nitrogens with one attached hydrogen (secondary N) is 2. The van der Waals surface area contributed by atoms with Crippen LogP contribution in [0, 0.1) is 0 Å². The van der Waals surface area contributed by atoms with Gasteiger partial charge in [0.25, 0.3) is 0 Å². The number of hydrogen-bond acceptors (Lipinski definition) is 3. The van der Waals surface area contributed by atoms with Gasteiger partial charge in [0.15, 0.2) is 0 Å². The minimum Gasteiger partial charge on any atom is -0.354 e. The van der Waals surface area contributed by atoms with Crippen LogP contribution < -0.4 is 10.6 Å². The minimum atomic E-state index is 0.0846. The molecule has 2 N–H and O–H groups in total. The van der Waals surface area contributed by atoms with Gasteiger partial charge in [-0.3, -0.25) is 4.79 Å². The van der Waals surface area contributed by atoms with Crippen LogP contribution in [0.2, 0.25) is 0 Å². The third-order valence-corrected chi connectivity index (χ3v) is 4.30. The van der Waals surface area contributed by atoms with Crippen molar-refractivity contribution >= 4 is 17.7 Å². The highest BCUT2D eigenvalue weighted by atomic mass is 32.2. The van der Waals surface area contributed by atoms with Crippen LogP contribution in [-0.4, -0.2) is 36.0 Å². The fraction of sp³-hybridized carbons (Fsp3) is 0.900. The fourth-order valence-corrected chi connectivity index (χ4v) is 3.25. The highest BCUT2D eigenvalue weighted by Gasteiger charge is 2.23. The van der Waals surface area contributed by atoms with Crippen LogP contribution in [0.3, 0.4) is 0 Å². The number of thioether (sulfide) groups is 1. The summed E-state index contributed by atoms with van der Waals surface area (Å²) in [7, 11) is 0. The van der Waals surface area contributed by atoms with Crippen molar-refractivity contribution in [1.82, 2.24) is 10.6 Å². The van der Waals surface area contributed by atoms with Crippen molar-refractivity contribution in [1.29, 1.82) is 0 Å². The lowest BCUT2D eigenvalue weighted by molar-refractivity contribution is -0.122. The van der Waals surface area contributed by atoms with Gasteiger partial charge in [-0.25, -0.2) is 0 Å². The topological polar surface area (TPSA) is 41.1 Å². The Hall–Kier alpha value is -0.220. The Morgan fingerprint density at radius 3 is 3.00 bits per heavy atom. The lowest BCUT2D eigenvalue weighted by Gasteiger charge is -2.13. The van der Waals surface area contributed by atoms with E-state index >= 15 is 0 Å². The predicted octanol–water partition coefficient (Wildman–Crippen LogP) is 0.750. The van der Waals surface area contributed by atoms with Crippen molar-refractivity contribution in [3.05, 3.63) is 0 Å². The molecule has 0 aromatic carbocycles. The second kappa shape index (κ2) is 5.03. The van der Waals surface area contributed by atoms with Crippen LogP contribution in [0.25, 0.3) is 0 Å². The third-order valence-electron chi connectivity index (χ3n) is 2.90. The molecular formula is C10H18N2OS. The van der Waals surface area contributed by atoms with E-state index in [4.69, 9.17) is 0 Å². The summed E-state index contributed by atoms with van der Waals surface area (Å²) < 4.78 is 0. The zero-order valence-corrected chi connectivity index (χ0v) is 9.24. The van der Waals surface area contributed by atoms with Crippen molar-refractivity contribution < 1.29 is 4.79 Å². The lowest BCUT2D eigenvalue weighted by Crippen LogP contribution is -2.42. The summed E-state index contributed by atoms with van der Waals surface area (Å²) in [6.07, 6.45) is 4.72.